The first kappa shape index (κ1) is 9.34. The number of amides is 1. The van der Waals surface area contributed by atoms with Gasteiger partial charge in [0, 0.05) is 0 Å². The molecule has 0 radical (unpaired) electrons. The van der Waals surface area contributed by atoms with E-state index in [-0.39, 0.29) is 0 Å². The molecule has 60 valence electrons. The zero-order chi connectivity index (χ0) is 8.36. The lowest BCUT2D eigenvalue weighted by Gasteiger charge is -2.01. The van der Waals surface area contributed by atoms with Gasteiger partial charge in [-0.05, 0) is 0 Å². The molecule has 0 fully saturated rings. The highest BCUT2D eigenvalue weighted by molar-refractivity contribution is 7.85. The molecule has 0 rings (SSSR count). The standard InChI is InChI=1S/C3H7NO5S/c4-3(6)2(5)1-10(7,8)9/h2,5H,1H2,(H2,4,6)(H,7,8,9). The third-order valence-electron chi connectivity index (χ3n) is 0.697. The van der Waals surface area contributed by atoms with Crippen LogP contribution in [0.4, 0.5) is 0 Å². The van der Waals surface area contributed by atoms with Crippen molar-refractivity contribution in [1.82, 2.24) is 0 Å². The summed E-state index contributed by atoms with van der Waals surface area (Å²) in [7, 11) is -4.32. The van der Waals surface area contributed by atoms with Crippen molar-refractivity contribution in [3.63, 3.8) is 0 Å². The number of aliphatic hydroxyl groups excluding tert-OH is 1. The molecule has 1 unspecified atom stereocenters. The van der Waals surface area contributed by atoms with E-state index < -0.39 is 27.9 Å². The first-order valence-electron chi connectivity index (χ1n) is 2.25. The van der Waals surface area contributed by atoms with E-state index in [0.717, 1.165) is 0 Å². The monoisotopic (exact) mass is 169 g/mol. The molecule has 0 aliphatic carbocycles. The number of rotatable bonds is 3. The lowest BCUT2D eigenvalue weighted by Crippen LogP contribution is -2.34. The summed E-state index contributed by atoms with van der Waals surface area (Å²) >= 11 is 0. The predicted molar refractivity (Wildman–Crippen MR) is 31.6 cm³/mol. The second-order valence-electron chi connectivity index (χ2n) is 1.67. The molecule has 0 aromatic heterocycles. The second kappa shape index (κ2) is 2.95. The van der Waals surface area contributed by atoms with Gasteiger partial charge in [0.25, 0.3) is 10.1 Å². The summed E-state index contributed by atoms with van der Waals surface area (Å²) in [5, 5.41) is 8.45. The maximum Gasteiger partial charge on any atom is 0.267 e. The minimum atomic E-state index is -4.32. The molecule has 1 atom stereocenters. The van der Waals surface area contributed by atoms with Crippen molar-refractivity contribution in [3.8, 4) is 0 Å². The van der Waals surface area contributed by atoms with Crippen molar-refractivity contribution in [2.24, 2.45) is 5.73 Å². The van der Waals surface area contributed by atoms with E-state index in [0.29, 0.717) is 0 Å². The summed E-state index contributed by atoms with van der Waals surface area (Å²) in [6, 6.07) is 0. The maximum atomic E-state index is 9.97. The number of carbonyl (C=O) groups excluding carboxylic acids is 1. The third kappa shape index (κ3) is 4.24. The Balaban J connectivity index is 4.06. The van der Waals surface area contributed by atoms with Crippen LogP contribution >= 0.6 is 0 Å². The van der Waals surface area contributed by atoms with Gasteiger partial charge in [-0.25, -0.2) is 0 Å². The minimum absolute atomic E-state index is 1.05. The Kier molecular flexibility index (Phi) is 2.76. The molecule has 0 aliphatic heterocycles. The van der Waals surface area contributed by atoms with E-state index in [1.807, 2.05) is 0 Å². The molecule has 0 aliphatic rings. The number of hydrogen-bond donors (Lipinski definition) is 3. The molecule has 0 heterocycles. The van der Waals surface area contributed by atoms with Crippen LogP contribution in [0.2, 0.25) is 0 Å². The van der Waals surface area contributed by atoms with Crippen LogP contribution in [0.3, 0.4) is 0 Å². The molecule has 0 aromatic rings. The largest absolute Gasteiger partial charge is 0.382 e. The van der Waals surface area contributed by atoms with Crippen LogP contribution in [-0.4, -0.2) is 35.8 Å². The maximum absolute atomic E-state index is 9.97. The SMILES string of the molecule is NC(=O)C(O)CS(=O)(=O)O. The fraction of sp³-hybridized carbons (Fsp3) is 0.667. The van der Waals surface area contributed by atoms with Gasteiger partial charge >= 0.3 is 0 Å². The van der Waals surface area contributed by atoms with Crippen molar-refractivity contribution in [2.75, 3.05) is 5.75 Å². The van der Waals surface area contributed by atoms with Gasteiger partial charge < -0.3 is 10.8 Å². The van der Waals surface area contributed by atoms with Gasteiger partial charge in [-0.3, -0.25) is 9.35 Å². The molecule has 4 N–H and O–H groups in total. The van der Waals surface area contributed by atoms with Crippen LogP contribution < -0.4 is 5.73 Å². The highest BCUT2D eigenvalue weighted by Crippen LogP contribution is 1.88. The normalized spacial score (nSPS) is 14.6. The molecular formula is C3H7NO5S. The van der Waals surface area contributed by atoms with Crippen LogP contribution in [0.5, 0.6) is 0 Å². The molecule has 0 saturated carbocycles. The van der Waals surface area contributed by atoms with Gasteiger partial charge in [-0.2, -0.15) is 8.42 Å². The first-order valence-corrected chi connectivity index (χ1v) is 3.86. The van der Waals surface area contributed by atoms with Gasteiger partial charge in [-0.15, -0.1) is 0 Å². The van der Waals surface area contributed by atoms with Gasteiger partial charge in [0.15, 0.2) is 0 Å². The molecule has 0 spiro atoms. The third-order valence-corrected chi connectivity index (χ3v) is 1.43. The summed E-state index contributed by atoms with van der Waals surface area (Å²) in [5.74, 6) is -2.24. The average Bonchev–Trinajstić information content (AvgIpc) is 1.60. The number of aliphatic hydroxyl groups is 1. The van der Waals surface area contributed by atoms with E-state index in [2.05, 4.69) is 5.73 Å². The molecule has 1 amide bonds. The Morgan fingerprint density at radius 2 is 2.00 bits per heavy atom. The van der Waals surface area contributed by atoms with Crippen molar-refractivity contribution < 1.29 is 22.9 Å². The molecule has 10 heavy (non-hydrogen) atoms. The van der Waals surface area contributed by atoms with E-state index in [1.165, 1.54) is 0 Å². The fourth-order valence-corrected chi connectivity index (χ4v) is 0.845. The number of hydrogen-bond acceptors (Lipinski definition) is 4. The number of primary amides is 1. The average molecular weight is 169 g/mol. The van der Waals surface area contributed by atoms with E-state index in [4.69, 9.17) is 9.66 Å². The Labute approximate surface area is 57.4 Å². The highest BCUT2D eigenvalue weighted by atomic mass is 32.2. The molecule has 0 bridgehead atoms. The van der Waals surface area contributed by atoms with Crippen LogP contribution in [0.25, 0.3) is 0 Å². The summed E-state index contributed by atoms with van der Waals surface area (Å²) in [5.41, 5.74) is 4.48. The second-order valence-corrected chi connectivity index (χ2v) is 3.16. The summed E-state index contributed by atoms with van der Waals surface area (Å²) in [4.78, 5) is 9.97. The van der Waals surface area contributed by atoms with Crippen molar-refractivity contribution in [2.45, 2.75) is 6.10 Å². The van der Waals surface area contributed by atoms with Crippen LogP contribution in [0.1, 0.15) is 0 Å². The summed E-state index contributed by atoms with van der Waals surface area (Å²) in [6.45, 7) is 0. The van der Waals surface area contributed by atoms with E-state index >= 15 is 0 Å². The minimum Gasteiger partial charge on any atom is -0.382 e. The predicted octanol–water partition coefficient (Wildman–Crippen LogP) is -2.28. The molecule has 0 aromatic carbocycles. The lowest BCUT2D eigenvalue weighted by molar-refractivity contribution is -0.125. The number of carbonyl (C=O) groups is 1. The summed E-state index contributed by atoms with van der Waals surface area (Å²) < 4.78 is 27.9. The van der Waals surface area contributed by atoms with Crippen LogP contribution in [-0.2, 0) is 14.9 Å². The Morgan fingerprint density at radius 3 is 2.10 bits per heavy atom. The van der Waals surface area contributed by atoms with Crippen molar-refractivity contribution in [3.05, 3.63) is 0 Å². The molecule has 0 saturated heterocycles. The zero-order valence-corrected chi connectivity index (χ0v) is 5.71. The summed E-state index contributed by atoms with van der Waals surface area (Å²) in [6.07, 6.45) is -1.84. The fourth-order valence-electron chi connectivity index (χ4n) is 0.282. The first-order chi connectivity index (χ1) is 4.33. The quantitative estimate of drug-likeness (QED) is 0.411. The van der Waals surface area contributed by atoms with Gasteiger partial charge in [0.2, 0.25) is 5.91 Å². The highest BCUT2D eigenvalue weighted by Gasteiger charge is 2.18. The van der Waals surface area contributed by atoms with Crippen LogP contribution in [0, 0.1) is 0 Å². The lowest BCUT2D eigenvalue weighted by atomic mass is 10.4. The van der Waals surface area contributed by atoms with Gasteiger partial charge in [0.05, 0.1) is 0 Å². The van der Waals surface area contributed by atoms with Gasteiger partial charge in [-0.1, -0.05) is 0 Å². The smallest absolute Gasteiger partial charge is 0.267 e. The number of nitrogens with two attached hydrogens (primary N) is 1. The topological polar surface area (TPSA) is 118 Å². The Hall–Kier alpha value is -0.660. The van der Waals surface area contributed by atoms with E-state index in [1.54, 1.807) is 0 Å². The van der Waals surface area contributed by atoms with E-state index in [9.17, 15) is 13.2 Å². The van der Waals surface area contributed by atoms with Crippen molar-refractivity contribution in [1.29, 1.82) is 0 Å². The Morgan fingerprint density at radius 1 is 1.60 bits per heavy atom. The Bertz CT molecular complexity index is 219. The van der Waals surface area contributed by atoms with Crippen molar-refractivity contribution >= 4 is 16.0 Å². The molecular weight excluding hydrogens is 162 g/mol. The molecule has 6 nitrogen and oxygen atoms in total. The zero-order valence-electron chi connectivity index (χ0n) is 4.89. The van der Waals surface area contributed by atoms with Gasteiger partial charge in [0.1, 0.15) is 11.9 Å². The molecule has 7 heteroatoms. The van der Waals surface area contributed by atoms with Crippen LogP contribution in [0.15, 0.2) is 0 Å².